The van der Waals surface area contributed by atoms with Crippen LogP contribution in [0.3, 0.4) is 0 Å². The molecule has 1 aromatic heterocycles. The summed E-state index contributed by atoms with van der Waals surface area (Å²) in [7, 11) is 0. The zero-order chi connectivity index (χ0) is 24.4. The molecule has 3 amide bonds. The number of rotatable bonds is 5. The number of halogens is 2. The first-order valence-corrected chi connectivity index (χ1v) is 10.5. The molecule has 0 unspecified atom stereocenters. The summed E-state index contributed by atoms with van der Waals surface area (Å²) in [5, 5.41) is 10.0. The fraction of sp³-hybridized carbons (Fsp3) is 0.522. The molecule has 0 fully saturated rings. The fourth-order valence-corrected chi connectivity index (χ4v) is 2.94. The number of aromatic nitrogens is 2. The normalized spacial score (nSPS) is 12.1. The minimum absolute atomic E-state index is 0.0978. The average molecular weight is 450 g/mol. The molecule has 0 bridgehead atoms. The molecule has 0 radical (unpaired) electrons. The minimum atomic E-state index is -1.07. The molecule has 0 spiro atoms. The molecule has 2 N–H and O–H groups in total. The predicted molar refractivity (Wildman–Crippen MR) is 122 cm³/mol. The van der Waals surface area contributed by atoms with Crippen molar-refractivity contribution < 1.29 is 18.4 Å². The monoisotopic (exact) mass is 449 g/mol. The van der Waals surface area contributed by atoms with Gasteiger partial charge in [0.25, 0.3) is 0 Å². The molecular weight excluding hydrogens is 416 g/mol. The van der Waals surface area contributed by atoms with Crippen molar-refractivity contribution in [1.82, 2.24) is 14.7 Å². The van der Waals surface area contributed by atoms with E-state index in [0.717, 1.165) is 17.8 Å². The largest absolute Gasteiger partial charge is 0.322 e. The molecule has 0 saturated carbocycles. The van der Waals surface area contributed by atoms with Crippen LogP contribution in [0.2, 0.25) is 0 Å². The van der Waals surface area contributed by atoms with Gasteiger partial charge in [0.2, 0.25) is 5.91 Å². The summed E-state index contributed by atoms with van der Waals surface area (Å²) in [5.41, 5.74) is 0.359. The number of benzene rings is 1. The van der Waals surface area contributed by atoms with Crippen LogP contribution in [-0.4, -0.2) is 39.2 Å². The van der Waals surface area contributed by atoms with Gasteiger partial charge in [0.15, 0.2) is 11.6 Å². The third kappa shape index (κ3) is 6.27. The Balaban J connectivity index is 2.19. The van der Waals surface area contributed by atoms with E-state index in [9.17, 15) is 18.4 Å². The summed E-state index contributed by atoms with van der Waals surface area (Å²) >= 11 is 0. The number of hydrogen-bond acceptors (Lipinski definition) is 3. The maximum Gasteiger partial charge on any atom is 0.322 e. The van der Waals surface area contributed by atoms with Gasteiger partial charge in [-0.15, -0.1) is 0 Å². The zero-order valence-corrected chi connectivity index (χ0v) is 20.0. The molecule has 176 valence electrons. The molecule has 0 atom stereocenters. The topological polar surface area (TPSA) is 79.3 Å². The fourth-order valence-electron chi connectivity index (χ4n) is 2.94. The molecule has 9 heteroatoms. The van der Waals surface area contributed by atoms with Gasteiger partial charge in [0, 0.05) is 29.3 Å². The van der Waals surface area contributed by atoms with Gasteiger partial charge in [0.05, 0.1) is 11.2 Å². The Morgan fingerprint density at radius 1 is 1.03 bits per heavy atom. The number of hydrogen-bond donors (Lipinski definition) is 2. The highest BCUT2D eigenvalue weighted by Crippen LogP contribution is 2.28. The summed E-state index contributed by atoms with van der Waals surface area (Å²) < 4.78 is 28.3. The van der Waals surface area contributed by atoms with Crippen molar-refractivity contribution in [3.63, 3.8) is 0 Å². The van der Waals surface area contributed by atoms with Crippen LogP contribution in [0.5, 0.6) is 0 Å². The van der Waals surface area contributed by atoms with Crippen molar-refractivity contribution in [2.75, 3.05) is 17.2 Å². The van der Waals surface area contributed by atoms with Crippen LogP contribution in [0.25, 0.3) is 0 Å². The first kappa shape index (κ1) is 25.3. The van der Waals surface area contributed by atoms with E-state index in [-0.39, 0.29) is 29.2 Å². The Morgan fingerprint density at radius 3 is 2.16 bits per heavy atom. The van der Waals surface area contributed by atoms with E-state index in [4.69, 9.17) is 0 Å². The second-order valence-electron chi connectivity index (χ2n) is 10.1. The number of urea groups is 1. The lowest BCUT2D eigenvalue weighted by molar-refractivity contribution is -0.117. The molecule has 0 aliphatic carbocycles. The Morgan fingerprint density at radius 2 is 1.66 bits per heavy atom. The number of anilines is 2. The predicted octanol–water partition coefficient (Wildman–Crippen LogP) is 5.09. The van der Waals surface area contributed by atoms with Gasteiger partial charge < -0.3 is 15.5 Å². The van der Waals surface area contributed by atoms with E-state index in [1.165, 1.54) is 11.0 Å². The maximum atomic E-state index is 13.4. The van der Waals surface area contributed by atoms with Gasteiger partial charge in [-0.3, -0.25) is 4.79 Å². The van der Waals surface area contributed by atoms with Gasteiger partial charge >= 0.3 is 6.03 Å². The van der Waals surface area contributed by atoms with Crippen molar-refractivity contribution in [3.05, 3.63) is 41.6 Å². The smallest absolute Gasteiger partial charge is 0.313 e. The Kier molecular flexibility index (Phi) is 7.32. The van der Waals surface area contributed by atoms with E-state index in [0.29, 0.717) is 5.82 Å². The molecule has 2 aromatic rings. The van der Waals surface area contributed by atoms with Gasteiger partial charge in [-0.1, -0.05) is 20.8 Å². The first-order valence-electron chi connectivity index (χ1n) is 10.5. The summed E-state index contributed by atoms with van der Waals surface area (Å²) in [6, 6.07) is 4.00. The van der Waals surface area contributed by atoms with Gasteiger partial charge in [0.1, 0.15) is 12.4 Å². The third-order valence-electron chi connectivity index (χ3n) is 4.75. The van der Waals surface area contributed by atoms with E-state index >= 15 is 0 Å². The summed E-state index contributed by atoms with van der Waals surface area (Å²) in [6.07, 6.45) is 0. The van der Waals surface area contributed by atoms with Crippen molar-refractivity contribution in [2.24, 2.45) is 0 Å². The minimum Gasteiger partial charge on any atom is -0.313 e. The third-order valence-corrected chi connectivity index (χ3v) is 4.75. The van der Waals surface area contributed by atoms with Crippen LogP contribution >= 0.6 is 0 Å². The highest BCUT2D eigenvalue weighted by atomic mass is 19.2. The van der Waals surface area contributed by atoms with Crippen molar-refractivity contribution >= 4 is 23.4 Å². The molecule has 0 saturated heterocycles. The summed E-state index contributed by atoms with van der Waals surface area (Å²) in [6.45, 7) is 15.4. The molecule has 1 aromatic carbocycles. The highest BCUT2D eigenvalue weighted by molar-refractivity contribution is 5.96. The second kappa shape index (κ2) is 9.26. The standard InChI is InChI=1S/C23H33F2N5O2/c1-14(2)29(21(32)26-15-9-10-16(24)17(25)11-15)13-20(31)27-19-12-18(22(3,4)5)28-30(19)23(6,7)8/h9-12,14H,13H2,1-8H3,(H,26,32)(H,27,31). The van der Waals surface area contributed by atoms with Crippen molar-refractivity contribution in [2.45, 2.75) is 72.4 Å². The molecule has 7 nitrogen and oxygen atoms in total. The van der Waals surface area contributed by atoms with Gasteiger partial charge in [-0.25, -0.2) is 18.3 Å². The number of amides is 3. The van der Waals surface area contributed by atoms with E-state index in [1.807, 2.05) is 47.6 Å². The van der Waals surface area contributed by atoms with Crippen LogP contribution < -0.4 is 10.6 Å². The van der Waals surface area contributed by atoms with Crippen molar-refractivity contribution in [1.29, 1.82) is 0 Å². The molecular formula is C23H33F2N5O2. The number of nitrogens with one attached hydrogen (secondary N) is 2. The Bertz CT molecular complexity index is 987. The lowest BCUT2D eigenvalue weighted by Crippen LogP contribution is -2.45. The maximum absolute atomic E-state index is 13.4. The number of nitrogens with zero attached hydrogens (tertiary/aromatic N) is 3. The van der Waals surface area contributed by atoms with Crippen LogP contribution in [0.15, 0.2) is 24.3 Å². The summed E-state index contributed by atoms with van der Waals surface area (Å²) in [4.78, 5) is 26.8. The van der Waals surface area contributed by atoms with Crippen LogP contribution in [0, 0.1) is 11.6 Å². The van der Waals surface area contributed by atoms with E-state index in [1.54, 1.807) is 18.5 Å². The lowest BCUT2D eigenvalue weighted by atomic mass is 9.92. The molecule has 0 aliphatic rings. The molecule has 0 aliphatic heterocycles. The Labute approximate surface area is 188 Å². The van der Waals surface area contributed by atoms with E-state index < -0.39 is 23.6 Å². The zero-order valence-electron chi connectivity index (χ0n) is 20.0. The Hall–Kier alpha value is -2.97. The van der Waals surface area contributed by atoms with Crippen molar-refractivity contribution in [3.8, 4) is 0 Å². The van der Waals surface area contributed by atoms with Crippen LogP contribution in [0.1, 0.15) is 61.1 Å². The SMILES string of the molecule is CC(C)N(CC(=O)Nc1cc(C(C)(C)C)nn1C(C)(C)C)C(=O)Nc1ccc(F)c(F)c1. The van der Waals surface area contributed by atoms with Crippen LogP contribution in [0.4, 0.5) is 25.1 Å². The van der Waals surface area contributed by atoms with E-state index in [2.05, 4.69) is 15.7 Å². The quantitative estimate of drug-likeness (QED) is 0.667. The number of carbonyl (C=O) groups excluding carboxylic acids is 2. The molecule has 2 rings (SSSR count). The summed E-state index contributed by atoms with van der Waals surface area (Å²) in [5.74, 6) is -1.93. The molecule has 32 heavy (non-hydrogen) atoms. The second-order valence-corrected chi connectivity index (χ2v) is 10.1. The van der Waals surface area contributed by atoms with Gasteiger partial charge in [-0.05, 0) is 46.8 Å². The highest BCUT2D eigenvalue weighted by Gasteiger charge is 2.27. The number of carbonyl (C=O) groups is 2. The van der Waals surface area contributed by atoms with Crippen LogP contribution in [-0.2, 0) is 15.7 Å². The molecule has 1 heterocycles. The lowest BCUT2D eigenvalue weighted by Gasteiger charge is -2.27. The first-order chi connectivity index (χ1) is 14.6. The average Bonchev–Trinajstić information content (AvgIpc) is 3.07. The van der Waals surface area contributed by atoms with Gasteiger partial charge in [-0.2, -0.15) is 5.10 Å².